The van der Waals surface area contributed by atoms with Gasteiger partial charge in [0.1, 0.15) is 5.82 Å². The van der Waals surface area contributed by atoms with Crippen LogP contribution in [0.25, 0.3) is 0 Å². The first-order chi connectivity index (χ1) is 21.0. The van der Waals surface area contributed by atoms with Gasteiger partial charge in [-0.3, -0.25) is 14.5 Å². The minimum absolute atomic E-state index is 0.0130. The third-order valence-corrected chi connectivity index (χ3v) is 8.35. The number of hydrogen-bond acceptors (Lipinski definition) is 7. The van der Waals surface area contributed by atoms with Gasteiger partial charge in [-0.05, 0) is 58.4 Å². The zero-order valence-corrected chi connectivity index (χ0v) is 28.0. The monoisotopic (exact) mass is 607 g/mol. The van der Waals surface area contributed by atoms with Crippen LogP contribution in [0, 0.1) is 5.92 Å². The Bertz CT molecular complexity index is 787. The molecule has 0 saturated carbocycles. The van der Waals surface area contributed by atoms with Crippen molar-refractivity contribution >= 4 is 12.4 Å². The lowest BCUT2D eigenvalue weighted by atomic mass is 9.94. The number of aliphatic hydroxyl groups is 1. The second-order valence-electron chi connectivity index (χ2n) is 12.2. The van der Waals surface area contributed by atoms with E-state index in [4.69, 9.17) is 9.47 Å². The van der Waals surface area contributed by atoms with Crippen LogP contribution < -0.4 is 0 Å². The van der Waals surface area contributed by atoms with Crippen molar-refractivity contribution in [2.45, 2.75) is 162 Å². The summed E-state index contributed by atoms with van der Waals surface area (Å²) in [4.78, 5) is 30.0. The first-order valence-electron chi connectivity index (χ1n) is 17.7. The Morgan fingerprint density at radius 2 is 1.47 bits per heavy atom. The number of unbranched alkanes of at least 4 members (excludes halogenated alkanes) is 12. The quantitative estimate of drug-likeness (QED) is 0.0522. The van der Waals surface area contributed by atoms with Gasteiger partial charge in [0.25, 0.3) is 6.47 Å². The van der Waals surface area contributed by atoms with Crippen molar-refractivity contribution in [3.05, 3.63) is 18.2 Å². The molecule has 43 heavy (non-hydrogen) atoms. The van der Waals surface area contributed by atoms with Crippen LogP contribution in [0.5, 0.6) is 0 Å². The third-order valence-electron chi connectivity index (χ3n) is 8.35. The Morgan fingerprint density at radius 1 is 0.860 bits per heavy atom. The minimum atomic E-state index is -0.430. The predicted octanol–water partition coefficient (Wildman–Crippen LogP) is 7.85. The van der Waals surface area contributed by atoms with Crippen molar-refractivity contribution in [2.24, 2.45) is 5.92 Å². The number of aromatic nitrogens is 2. The van der Waals surface area contributed by atoms with E-state index >= 15 is 0 Å². The average molecular weight is 608 g/mol. The highest BCUT2D eigenvalue weighted by molar-refractivity contribution is 5.72. The van der Waals surface area contributed by atoms with Crippen molar-refractivity contribution in [3.63, 3.8) is 0 Å². The maximum atomic E-state index is 12.9. The molecular formula is C35H65N3O5. The number of aryl methyl sites for hydroxylation is 1. The summed E-state index contributed by atoms with van der Waals surface area (Å²) >= 11 is 0. The SMILES string of the molecule is CCCCCCCCC(CCCCCC)C(=O)OCCCCC(O)CN(CCCCCCOC=O)Cc1nccn1CC. The molecule has 1 N–H and O–H groups in total. The summed E-state index contributed by atoms with van der Waals surface area (Å²) < 4.78 is 12.7. The van der Waals surface area contributed by atoms with E-state index in [0.717, 1.165) is 83.1 Å². The lowest BCUT2D eigenvalue weighted by Gasteiger charge is -2.25. The van der Waals surface area contributed by atoms with Crippen molar-refractivity contribution in [2.75, 3.05) is 26.3 Å². The van der Waals surface area contributed by atoms with E-state index in [0.29, 0.717) is 39.2 Å². The van der Waals surface area contributed by atoms with Gasteiger partial charge in [-0.25, -0.2) is 4.98 Å². The Hall–Kier alpha value is -1.93. The molecule has 2 atom stereocenters. The number of hydrogen-bond donors (Lipinski definition) is 1. The lowest BCUT2D eigenvalue weighted by Crippen LogP contribution is -2.34. The molecule has 0 aromatic carbocycles. The molecule has 1 rings (SSSR count). The molecule has 0 aliphatic rings. The Balaban J connectivity index is 2.42. The summed E-state index contributed by atoms with van der Waals surface area (Å²) in [6.45, 7) is 11.1. The molecule has 250 valence electrons. The fourth-order valence-electron chi connectivity index (χ4n) is 5.67. The van der Waals surface area contributed by atoms with Gasteiger partial charge in [-0.15, -0.1) is 0 Å². The molecule has 0 radical (unpaired) electrons. The summed E-state index contributed by atoms with van der Waals surface area (Å²) in [6.07, 6.45) is 23.8. The van der Waals surface area contributed by atoms with E-state index in [2.05, 4.69) is 35.2 Å². The number of carbonyl (C=O) groups excluding carboxylic acids is 2. The van der Waals surface area contributed by atoms with Gasteiger partial charge in [0.15, 0.2) is 0 Å². The molecular weight excluding hydrogens is 542 g/mol. The van der Waals surface area contributed by atoms with Crippen LogP contribution in [0.1, 0.15) is 149 Å². The Kier molecular flexibility index (Phi) is 25.1. The molecule has 0 aliphatic carbocycles. The van der Waals surface area contributed by atoms with Crippen LogP contribution in [0.15, 0.2) is 12.4 Å². The second kappa shape index (κ2) is 27.6. The van der Waals surface area contributed by atoms with E-state index in [1.54, 1.807) is 0 Å². The lowest BCUT2D eigenvalue weighted by molar-refractivity contribution is -0.149. The van der Waals surface area contributed by atoms with Crippen LogP contribution in [0.2, 0.25) is 0 Å². The Labute approximate surface area is 263 Å². The maximum absolute atomic E-state index is 12.9. The fourth-order valence-corrected chi connectivity index (χ4v) is 5.67. The summed E-state index contributed by atoms with van der Waals surface area (Å²) in [5, 5.41) is 10.9. The number of aliphatic hydroxyl groups excluding tert-OH is 1. The first kappa shape index (κ1) is 39.1. The van der Waals surface area contributed by atoms with Gasteiger partial charge in [0.05, 0.1) is 31.8 Å². The molecule has 8 heteroatoms. The molecule has 0 fully saturated rings. The van der Waals surface area contributed by atoms with E-state index in [1.165, 1.54) is 51.4 Å². The maximum Gasteiger partial charge on any atom is 0.308 e. The topological polar surface area (TPSA) is 93.9 Å². The normalized spacial score (nSPS) is 12.9. The molecule has 1 heterocycles. The van der Waals surface area contributed by atoms with E-state index in [9.17, 15) is 14.7 Å². The van der Waals surface area contributed by atoms with Gasteiger partial charge in [-0.1, -0.05) is 90.9 Å². The molecule has 8 nitrogen and oxygen atoms in total. The number of ether oxygens (including phenoxy) is 2. The van der Waals surface area contributed by atoms with Crippen LogP contribution in [0.4, 0.5) is 0 Å². The molecule has 1 aromatic heterocycles. The number of carbonyl (C=O) groups is 2. The summed E-state index contributed by atoms with van der Waals surface area (Å²) in [7, 11) is 0. The van der Waals surface area contributed by atoms with E-state index in [1.807, 2.05) is 12.4 Å². The number of esters is 1. The molecule has 0 spiro atoms. The van der Waals surface area contributed by atoms with Gasteiger partial charge >= 0.3 is 5.97 Å². The second-order valence-corrected chi connectivity index (χ2v) is 12.2. The first-order valence-corrected chi connectivity index (χ1v) is 17.7. The molecule has 0 amide bonds. The molecule has 0 saturated heterocycles. The average Bonchev–Trinajstić information content (AvgIpc) is 3.46. The molecule has 0 aliphatic heterocycles. The third kappa shape index (κ3) is 20.6. The Morgan fingerprint density at radius 3 is 2.16 bits per heavy atom. The largest absolute Gasteiger partial charge is 0.468 e. The van der Waals surface area contributed by atoms with Crippen LogP contribution in [-0.2, 0) is 32.2 Å². The van der Waals surface area contributed by atoms with Crippen molar-refractivity contribution in [3.8, 4) is 0 Å². The van der Waals surface area contributed by atoms with Crippen molar-refractivity contribution in [1.82, 2.24) is 14.5 Å². The smallest absolute Gasteiger partial charge is 0.308 e. The summed E-state index contributed by atoms with van der Waals surface area (Å²) in [5.41, 5.74) is 0. The zero-order chi connectivity index (χ0) is 31.4. The van der Waals surface area contributed by atoms with Gasteiger partial charge < -0.3 is 19.1 Å². The number of imidazole rings is 1. The highest BCUT2D eigenvalue weighted by Crippen LogP contribution is 2.21. The number of rotatable bonds is 31. The summed E-state index contributed by atoms with van der Waals surface area (Å²) in [6, 6.07) is 0. The summed E-state index contributed by atoms with van der Waals surface area (Å²) in [5.74, 6) is 1.04. The van der Waals surface area contributed by atoms with Crippen molar-refractivity contribution < 1.29 is 24.2 Å². The molecule has 2 unspecified atom stereocenters. The molecule has 1 aromatic rings. The van der Waals surface area contributed by atoms with Crippen LogP contribution >= 0.6 is 0 Å². The van der Waals surface area contributed by atoms with E-state index < -0.39 is 6.10 Å². The fraction of sp³-hybridized carbons (Fsp3) is 0.857. The van der Waals surface area contributed by atoms with Gasteiger partial charge in [0.2, 0.25) is 0 Å². The van der Waals surface area contributed by atoms with E-state index in [-0.39, 0.29) is 11.9 Å². The molecule has 0 bridgehead atoms. The van der Waals surface area contributed by atoms with Gasteiger partial charge in [-0.2, -0.15) is 0 Å². The standard InChI is InChI=1S/C35H65N3O5/c1-4-7-9-11-12-16-22-32(21-15-10-8-5-2)35(41)43-28-20-17-23-33(40)29-37(25-18-13-14-19-27-42-31-39)30-34-36-24-26-38(34)6-3/h24,26,31-33,40H,4-23,25,27-30H2,1-3H3. The van der Waals surface area contributed by atoms with Crippen LogP contribution in [-0.4, -0.2) is 64.4 Å². The zero-order valence-electron chi connectivity index (χ0n) is 28.0. The highest BCUT2D eigenvalue weighted by Gasteiger charge is 2.20. The van der Waals surface area contributed by atoms with Gasteiger partial charge in [0, 0.05) is 25.5 Å². The number of nitrogens with zero attached hydrogens (tertiary/aromatic N) is 3. The highest BCUT2D eigenvalue weighted by atomic mass is 16.5. The van der Waals surface area contributed by atoms with Crippen LogP contribution in [0.3, 0.4) is 0 Å². The minimum Gasteiger partial charge on any atom is -0.468 e. The van der Waals surface area contributed by atoms with Crippen molar-refractivity contribution in [1.29, 1.82) is 0 Å². The predicted molar refractivity (Wildman–Crippen MR) is 175 cm³/mol.